The fraction of sp³-hybridized carbons (Fsp3) is 0.150. The van der Waals surface area contributed by atoms with Crippen molar-refractivity contribution >= 4 is 22.4 Å². The number of allylic oxidation sites excluding steroid dienone is 1. The Bertz CT molecular complexity index is 844. The van der Waals surface area contributed by atoms with Crippen LogP contribution in [-0.2, 0) is 11.3 Å². The molecule has 0 atom stereocenters. The van der Waals surface area contributed by atoms with Gasteiger partial charge in [0.1, 0.15) is 5.58 Å². The van der Waals surface area contributed by atoms with Crippen LogP contribution in [0.15, 0.2) is 71.2 Å². The van der Waals surface area contributed by atoms with Gasteiger partial charge in [-0.15, -0.1) is 0 Å². The zero-order chi connectivity index (χ0) is 15.6. The van der Waals surface area contributed by atoms with Gasteiger partial charge in [0.05, 0.1) is 5.70 Å². The highest BCUT2D eigenvalue weighted by Crippen LogP contribution is 2.30. The molecular weight excluding hydrogens is 286 g/mol. The van der Waals surface area contributed by atoms with E-state index in [-0.39, 0.29) is 5.78 Å². The van der Waals surface area contributed by atoms with Crippen molar-refractivity contribution in [2.45, 2.75) is 13.0 Å². The predicted molar refractivity (Wildman–Crippen MR) is 90.7 cm³/mol. The lowest BCUT2D eigenvalue weighted by Gasteiger charge is -2.29. The van der Waals surface area contributed by atoms with Gasteiger partial charge in [-0.3, -0.25) is 4.79 Å². The summed E-state index contributed by atoms with van der Waals surface area (Å²) in [5.41, 5.74) is 2.95. The van der Waals surface area contributed by atoms with Crippen LogP contribution in [0, 0.1) is 0 Å². The second-order valence-electron chi connectivity index (χ2n) is 5.80. The smallest absolute Gasteiger partial charge is 0.159 e. The van der Waals surface area contributed by atoms with Crippen molar-refractivity contribution in [3.63, 3.8) is 0 Å². The molecule has 0 unspecified atom stereocenters. The number of carbonyl (C=O) groups excluding carboxylic acids is 1. The maximum Gasteiger partial charge on any atom is 0.159 e. The summed E-state index contributed by atoms with van der Waals surface area (Å²) in [6.07, 6.45) is 2.26. The van der Waals surface area contributed by atoms with E-state index in [4.69, 9.17) is 4.42 Å². The number of fused-ring (bicyclic) bond motifs is 1. The highest BCUT2D eigenvalue weighted by molar-refractivity contribution is 5.98. The molecule has 2 aromatic carbocycles. The zero-order valence-electron chi connectivity index (χ0n) is 12.7. The number of para-hydroxylation sites is 1. The quantitative estimate of drug-likeness (QED) is 0.725. The van der Waals surface area contributed by atoms with Gasteiger partial charge in [0.2, 0.25) is 0 Å². The van der Waals surface area contributed by atoms with Gasteiger partial charge in [0.15, 0.2) is 11.5 Å². The highest BCUT2D eigenvalue weighted by atomic mass is 16.3. The molecule has 0 bridgehead atoms. The largest absolute Gasteiger partial charge is 0.455 e. The second-order valence-corrected chi connectivity index (χ2v) is 5.80. The van der Waals surface area contributed by atoms with Crippen molar-refractivity contribution in [1.29, 1.82) is 0 Å². The summed E-state index contributed by atoms with van der Waals surface area (Å²) < 4.78 is 5.96. The number of hydrogen-bond acceptors (Lipinski definition) is 3. The van der Waals surface area contributed by atoms with Crippen LogP contribution >= 0.6 is 0 Å². The fourth-order valence-corrected chi connectivity index (χ4v) is 2.98. The van der Waals surface area contributed by atoms with Gasteiger partial charge in [-0.25, -0.2) is 0 Å². The third kappa shape index (κ3) is 2.78. The molecule has 23 heavy (non-hydrogen) atoms. The summed E-state index contributed by atoms with van der Waals surface area (Å²) in [6.45, 7) is 1.49. The minimum atomic E-state index is 0.157. The summed E-state index contributed by atoms with van der Waals surface area (Å²) in [7, 11) is 0. The number of carbonyl (C=O) groups is 1. The summed E-state index contributed by atoms with van der Waals surface area (Å²) >= 11 is 0. The van der Waals surface area contributed by atoms with Crippen LogP contribution in [0.2, 0.25) is 0 Å². The normalized spacial score (nSPS) is 15.0. The van der Waals surface area contributed by atoms with Crippen LogP contribution in [0.3, 0.4) is 0 Å². The average molecular weight is 303 g/mol. The summed E-state index contributed by atoms with van der Waals surface area (Å²) in [5, 5.41) is 1.06. The van der Waals surface area contributed by atoms with Crippen LogP contribution in [-0.4, -0.2) is 17.2 Å². The lowest BCUT2D eigenvalue weighted by atomic mass is 10.1. The first-order chi connectivity index (χ1) is 11.3. The van der Waals surface area contributed by atoms with Crippen LogP contribution in [0.25, 0.3) is 16.7 Å². The molecule has 1 aliphatic heterocycles. The standard InChI is InChI=1S/C20H17NO2/c22-17-10-11-21(14-15-6-2-1-3-7-15)18(13-17)20-12-16-8-4-5-9-19(16)23-20/h1-9,12-13H,10-11,14H2. The molecule has 1 aromatic heterocycles. The van der Waals surface area contributed by atoms with Crippen molar-refractivity contribution in [3.8, 4) is 0 Å². The molecule has 1 aliphatic rings. The average Bonchev–Trinajstić information content (AvgIpc) is 3.01. The van der Waals surface area contributed by atoms with E-state index in [0.717, 1.165) is 35.5 Å². The molecule has 0 amide bonds. The lowest BCUT2D eigenvalue weighted by molar-refractivity contribution is -0.115. The molecule has 4 rings (SSSR count). The third-order valence-electron chi connectivity index (χ3n) is 4.16. The van der Waals surface area contributed by atoms with E-state index in [0.29, 0.717) is 6.42 Å². The molecule has 2 heterocycles. The van der Waals surface area contributed by atoms with Gasteiger partial charge >= 0.3 is 0 Å². The maximum atomic E-state index is 11.9. The van der Waals surface area contributed by atoms with Gasteiger partial charge < -0.3 is 9.32 Å². The van der Waals surface area contributed by atoms with E-state index >= 15 is 0 Å². The van der Waals surface area contributed by atoms with Crippen LogP contribution in [0.5, 0.6) is 0 Å². The van der Waals surface area contributed by atoms with Gasteiger partial charge in [0, 0.05) is 31.0 Å². The van der Waals surface area contributed by atoms with E-state index in [1.807, 2.05) is 48.5 Å². The first-order valence-electron chi connectivity index (χ1n) is 7.82. The van der Waals surface area contributed by atoms with Crippen molar-refractivity contribution < 1.29 is 9.21 Å². The molecule has 0 aliphatic carbocycles. The van der Waals surface area contributed by atoms with Gasteiger partial charge in [0.25, 0.3) is 0 Å². The first-order valence-corrected chi connectivity index (χ1v) is 7.82. The van der Waals surface area contributed by atoms with E-state index in [1.165, 1.54) is 5.56 Å². The van der Waals surface area contributed by atoms with Crippen LogP contribution in [0.1, 0.15) is 17.7 Å². The monoisotopic (exact) mass is 303 g/mol. The minimum absolute atomic E-state index is 0.157. The molecule has 0 saturated heterocycles. The molecule has 3 nitrogen and oxygen atoms in total. The van der Waals surface area contributed by atoms with Gasteiger partial charge in [-0.1, -0.05) is 48.5 Å². The van der Waals surface area contributed by atoms with E-state index in [2.05, 4.69) is 17.0 Å². The lowest BCUT2D eigenvalue weighted by Crippen LogP contribution is -2.28. The van der Waals surface area contributed by atoms with E-state index in [1.54, 1.807) is 6.08 Å². The fourth-order valence-electron chi connectivity index (χ4n) is 2.98. The van der Waals surface area contributed by atoms with Crippen molar-refractivity contribution in [3.05, 3.63) is 78.1 Å². The molecule has 3 heteroatoms. The number of hydrogen-bond donors (Lipinski definition) is 0. The molecule has 0 saturated carbocycles. The maximum absolute atomic E-state index is 11.9. The Morgan fingerprint density at radius 1 is 1.00 bits per heavy atom. The Labute approximate surface area is 134 Å². The second kappa shape index (κ2) is 5.76. The number of nitrogens with zero attached hydrogens (tertiary/aromatic N) is 1. The van der Waals surface area contributed by atoms with Crippen molar-refractivity contribution in [2.24, 2.45) is 0 Å². The van der Waals surface area contributed by atoms with Gasteiger partial charge in [-0.05, 0) is 17.7 Å². The van der Waals surface area contributed by atoms with Gasteiger partial charge in [-0.2, -0.15) is 0 Å². The number of benzene rings is 2. The third-order valence-corrected chi connectivity index (χ3v) is 4.16. The molecule has 0 radical (unpaired) electrons. The number of furan rings is 1. The zero-order valence-corrected chi connectivity index (χ0v) is 12.7. The Hall–Kier alpha value is -2.81. The van der Waals surface area contributed by atoms with Crippen molar-refractivity contribution in [2.75, 3.05) is 6.54 Å². The number of ketones is 1. The Morgan fingerprint density at radius 3 is 2.61 bits per heavy atom. The first kappa shape index (κ1) is 13.8. The molecule has 0 fully saturated rings. The molecule has 114 valence electrons. The summed E-state index contributed by atoms with van der Waals surface area (Å²) in [5.74, 6) is 0.917. The van der Waals surface area contributed by atoms with Crippen LogP contribution < -0.4 is 0 Å². The predicted octanol–water partition coefficient (Wildman–Crippen LogP) is 4.25. The Kier molecular flexibility index (Phi) is 3.46. The van der Waals surface area contributed by atoms with Crippen molar-refractivity contribution in [1.82, 2.24) is 4.90 Å². The molecule has 0 spiro atoms. The summed E-state index contributed by atoms with van der Waals surface area (Å²) in [4.78, 5) is 14.1. The summed E-state index contributed by atoms with van der Waals surface area (Å²) in [6, 6.07) is 20.2. The Morgan fingerprint density at radius 2 is 1.78 bits per heavy atom. The molecule has 3 aromatic rings. The molecule has 0 N–H and O–H groups in total. The minimum Gasteiger partial charge on any atom is -0.455 e. The number of rotatable bonds is 3. The van der Waals surface area contributed by atoms with E-state index in [9.17, 15) is 4.79 Å². The highest BCUT2D eigenvalue weighted by Gasteiger charge is 2.22. The Balaban J connectivity index is 1.71. The topological polar surface area (TPSA) is 33.5 Å². The SMILES string of the molecule is O=C1C=C(c2cc3ccccc3o2)N(Cc2ccccc2)CC1. The molecular formula is C20H17NO2. The van der Waals surface area contributed by atoms with Crippen LogP contribution in [0.4, 0.5) is 0 Å². The van der Waals surface area contributed by atoms with E-state index < -0.39 is 0 Å².